The van der Waals surface area contributed by atoms with Crippen LogP contribution < -0.4 is 4.74 Å². The minimum Gasteiger partial charge on any atom is -0.462 e. The van der Waals surface area contributed by atoms with Crippen LogP contribution in [-0.4, -0.2) is 56.3 Å². The molecule has 10 nitrogen and oxygen atoms in total. The second kappa shape index (κ2) is 14.9. The highest BCUT2D eigenvalue weighted by Crippen LogP contribution is 2.26. The highest BCUT2D eigenvalue weighted by Gasteiger charge is 2.17. The zero-order valence-corrected chi connectivity index (χ0v) is 22.1. The molecular weight excluding hydrogens is 508 g/mol. The Morgan fingerprint density at radius 3 is 1.62 bits per heavy atom. The van der Waals surface area contributed by atoms with E-state index in [-0.39, 0.29) is 60.9 Å². The van der Waals surface area contributed by atoms with E-state index in [9.17, 15) is 24.0 Å². The van der Waals surface area contributed by atoms with Crippen molar-refractivity contribution in [2.75, 3.05) is 26.4 Å². The van der Waals surface area contributed by atoms with Gasteiger partial charge in [-0.15, -0.1) is 0 Å². The summed E-state index contributed by atoms with van der Waals surface area (Å²) in [5.41, 5.74) is 1.62. The molecule has 0 unspecified atom stereocenters. The molecular formula is C29H30O10. The average Bonchev–Trinajstić information content (AvgIpc) is 2.92. The second-order valence-corrected chi connectivity index (χ2v) is 8.26. The largest absolute Gasteiger partial charge is 0.462 e. The zero-order chi connectivity index (χ0) is 28.9. The Morgan fingerprint density at radius 2 is 1.13 bits per heavy atom. The Bertz CT molecular complexity index is 1260. The van der Waals surface area contributed by atoms with E-state index in [2.05, 4.69) is 13.2 Å². The van der Waals surface area contributed by atoms with Gasteiger partial charge in [0.05, 0.1) is 11.1 Å². The molecule has 0 aliphatic rings. The lowest BCUT2D eigenvalue weighted by Crippen LogP contribution is -2.16. The number of carbonyl (C=O) groups excluding carboxylic acids is 5. The SMILES string of the molecule is C=C(C)C(=O)OCCOC(=O)c1cc(C(=O)OCCOC(=O)CC)cc(-c2ccc(OC(=O)C(=C)C)cc2)c1. The molecule has 206 valence electrons. The minimum atomic E-state index is -0.763. The van der Waals surface area contributed by atoms with Gasteiger partial charge in [0.2, 0.25) is 0 Å². The third-order valence-corrected chi connectivity index (χ3v) is 4.92. The highest BCUT2D eigenvalue weighted by molar-refractivity contribution is 5.97. The number of rotatable bonds is 13. The number of hydrogen-bond donors (Lipinski definition) is 0. The van der Waals surface area contributed by atoms with Crippen molar-refractivity contribution in [3.05, 3.63) is 77.9 Å². The van der Waals surface area contributed by atoms with Crippen LogP contribution in [0.4, 0.5) is 0 Å². The van der Waals surface area contributed by atoms with Crippen LogP contribution in [0.3, 0.4) is 0 Å². The number of benzene rings is 2. The lowest BCUT2D eigenvalue weighted by atomic mass is 9.99. The molecule has 0 heterocycles. The maximum Gasteiger partial charge on any atom is 0.338 e. The number of esters is 5. The van der Waals surface area contributed by atoms with Gasteiger partial charge in [0.15, 0.2) is 0 Å². The number of ether oxygens (including phenoxy) is 5. The van der Waals surface area contributed by atoms with Crippen molar-refractivity contribution < 1.29 is 47.7 Å². The van der Waals surface area contributed by atoms with Gasteiger partial charge in [-0.05, 0) is 55.3 Å². The normalized spacial score (nSPS) is 10.1. The first-order valence-electron chi connectivity index (χ1n) is 12.0. The molecule has 0 saturated heterocycles. The van der Waals surface area contributed by atoms with Crippen LogP contribution >= 0.6 is 0 Å². The summed E-state index contributed by atoms with van der Waals surface area (Å²) >= 11 is 0. The maximum absolute atomic E-state index is 12.7. The Balaban J connectivity index is 2.24. The van der Waals surface area contributed by atoms with Gasteiger partial charge in [0, 0.05) is 17.6 Å². The van der Waals surface area contributed by atoms with Gasteiger partial charge in [-0.25, -0.2) is 19.2 Å². The molecule has 0 aliphatic carbocycles. The fraction of sp³-hybridized carbons (Fsp3) is 0.276. The Labute approximate surface area is 226 Å². The summed E-state index contributed by atoms with van der Waals surface area (Å²) in [6, 6.07) is 10.7. The van der Waals surface area contributed by atoms with E-state index in [0.717, 1.165) is 0 Å². The summed E-state index contributed by atoms with van der Waals surface area (Å²) in [5.74, 6) is -2.84. The van der Waals surface area contributed by atoms with Gasteiger partial charge in [-0.2, -0.15) is 0 Å². The van der Waals surface area contributed by atoms with Crippen LogP contribution in [-0.2, 0) is 33.3 Å². The Kier molecular flexibility index (Phi) is 11.6. The molecule has 0 aliphatic heterocycles. The molecule has 0 radical (unpaired) electrons. The molecule has 0 amide bonds. The standard InChI is InChI=1S/C29H30O10/c1-6-25(30)35-11-12-37-28(33)22-15-21(20-7-9-24(10-8-20)39-27(32)19(4)5)16-23(17-22)29(34)38-14-13-36-26(31)18(2)3/h7-10,15-17H,2,4,6,11-14H2,1,3,5H3. The van der Waals surface area contributed by atoms with Gasteiger partial charge >= 0.3 is 29.8 Å². The molecule has 0 atom stereocenters. The van der Waals surface area contributed by atoms with Crippen molar-refractivity contribution in [2.45, 2.75) is 27.2 Å². The second-order valence-electron chi connectivity index (χ2n) is 8.26. The van der Waals surface area contributed by atoms with Gasteiger partial charge < -0.3 is 23.7 Å². The Morgan fingerprint density at radius 1 is 0.641 bits per heavy atom. The van der Waals surface area contributed by atoms with E-state index in [1.807, 2.05) is 0 Å². The predicted molar refractivity (Wildman–Crippen MR) is 140 cm³/mol. The Hall–Kier alpha value is -4.73. The molecule has 0 saturated carbocycles. The fourth-order valence-electron chi connectivity index (χ4n) is 2.89. The molecule has 10 heteroatoms. The van der Waals surface area contributed by atoms with Crippen molar-refractivity contribution >= 4 is 29.8 Å². The molecule has 0 aromatic heterocycles. The van der Waals surface area contributed by atoms with Gasteiger partial charge in [-0.3, -0.25) is 4.79 Å². The summed E-state index contributed by atoms with van der Waals surface area (Å²) in [7, 11) is 0. The maximum atomic E-state index is 12.7. The topological polar surface area (TPSA) is 132 Å². The summed E-state index contributed by atoms with van der Waals surface area (Å²) in [5, 5.41) is 0. The van der Waals surface area contributed by atoms with Crippen molar-refractivity contribution in [1.29, 1.82) is 0 Å². The molecule has 2 rings (SSSR count). The van der Waals surface area contributed by atoms with E-state index in [4.69, 9.17) is 23.7 Å². The summed E-state index contributed by atoms with van der Waals surface area (Å²) in [6.45, 7) is 11.0. The minimum absolute atomic E-state index is 0.0425. The summed E-state index contributed by atoms with van der Waals surface area (Å²) in [4.78, 5) is 60.0. The highest BCUT2D eigenvalue weighted by atomic mass is 16.6. The van der Waals surface area contributed by atoms with Crippen molar-refractivity contribution in [3.63, 3.8) is 0 Å². The quantitative estimate of drug-likeness (QED) is 0.120. The molecule has 0 N–H and O–H groups in total. The van der Waals surface area contributed by atoms with Crippen molar-refractivity contribution in [3.8, 4) is 16.9 Å². The van der Waals surface area contributed by atoms with Crippen molar-refractivity contribution in [2.24, 2.45) is 0 Å². The third kappa shape index (κ3) is 9.92. The first-order chi connectivity index (χ1) is 18.5. The molecule has 39 heavy (non-hydrogen) atoms. The molecule has 0 bridgehead atoms. The van der Waals surface area contributed by atoms with E-state index >= 15 is 0 Å². The average molecular weight is 539 g/mol. The van der Waals surface area contributed by atoms with Crippen molar-refractivity contribution in [1.82, 2.24) is 0 Å². The molecule has 2 aromatic rings. The predicted octanol–water partition coefficient (Wildman–Crippen LogP) is 4.22. The number of carbonyl (C=O) groups is 5. The van der Waals surface area contributed by atoms with Gasteiger partial charge in [0.25, 0.3) is 0 Å². The lowest BCUT2D eigenvalue weighted by molar-refractivity contribution is -0.144. The first-order valence-corrected chi connectivity index (χ1v) is 12.0. The van der Waals surface area contributed by atoms with E-state index < -0.39 is 29.8 Å². The summed E-state index contributed by atoms with van der Waals surface area (Å²) in [6.07, 6.45) is 0.193. The van der Waals surface area contributed by atoms with E-state index in [1.54, 1.807) is 31.2 Å². The molecule has 0 fully saturated rings. The van der Waals surface area contributed by atoms with Crippen LogP contribution in [0.5, 0.6) is 5.75 Å². The molecule has 0 spiro atoms. The van der Waals surface area contributed by atoms with Gasteiger partial charge in [0.1, 0.15) is 32.2 Å². The van der Waals surface area contributed by atoms with Crippen LogP contribution in [0, 0.1) is 0 Å². The van der Waals surface area contributed by atoms with Crippen LogP contribution in [0.2, 0.25) is 0 Å². The first kappa shape index (κ1) is 30.5. The van der Waals surface area contributed by atoms with E-state index in [0.29, 0.717) is 11.1 Å². The fourth-order valence-corrected chi connectivity index (χ4v) is 2.89. The zero-order valence-electron chi connectivity index (χ0n) is 22.1. The van der Waals surface area contributed by atoms with Gasteiger partial charge in [-0.1, -0.05) is 32.2 Å². The number of hydrogen-bond acceptors (Lipinski definition) is 10. The lowest BCUT2D eigenvalue weighted by Gasteiger charge is -2.12. The molecule has 2 aromatic carbocycles. The monoisotopic (exact) mass is 538 g/mol. The van der Waals surface area contributed by atoms with E-state index in [1.165, 1.54) is 32.0 Å². The van der Waals surface area contributed by atoms with Crippen LogP contribution in [0.15, 0.2) is 66.8 Å². The summed E-state index contributed by atoms with van der Waals surface area (Å²) < 4.78 is 25.4. The van der Waals surface area contributed by atoms with Crippen LogP contribution in [0.25, 0.3) is 11.1 Å². The van der Waals surface area contributed by atoms with Crippen LogP contribution in [0.1, 0.15) is 47.9 Å². The smallest absolute Gasteiger partial charge is 0.338 e. The third-order valence-electron chi connectivity index (χ3n) is 4.92.